The highest BCUT2D eigenvalue weighted by Crippen LogP contribution is 2.23. The number of unbranched alkanes of at least 4 members (excludes halogenated alkanes) is 3. The molecular weight excluding hydrogens is 224 g/mol. The lowest BCUT2D eigenvalue weighted by Gasteiger charge is -2.18. The Balaban J connectivity index is 4.54. The normalized spacial score (nSPS) is 17.7. The summed E-state index contributed by atoms with van der Waals surface area (Å²) in [6.45, 7) is 7.58. The molecule has 0 spiro atoms. The van der Waals surface area contributed by atoms with Crippen LogP contribution in [0.2, 0.25) is 0 Å². The molecule has 0 N–H and O–H groups in total. The molecule has 0 aromatic carbocycles. The summed E-state index contributed by atoms with van der Waals surface area (Å²) in [5.74, 6) is 0. The van der Waals surface area contributed by atoms with E-state index in [9.17, 15) is 5.26 Å². The van der Waals surface area contributed by atoms with Crippen LogP contribution in [0, 0.1) is 22.7 Å². The first-order chi connectivity index (χ1) is 8.45. The van der Waals surface area contributed by atoms with Crippen LogP contribution >= 0.6 is 0 Å². The Morgan fingerprint density at radius 2 is 1.44 bits per heavy atom. The van der Waals surface area contributed by atoms with E-state index in [1.54, 1.807) is 13.8 Å². The molecule has 0 aromatic rings. The minimum atomic E-state index is -0.804. The number of rotatable bonds is 8. The fourth-order valence-corrected chi connectivity index (χ4v) is 1.42. The molecular formula is C14H24N4. The van der Waals surface area contributed by atoms with Crippen LogP contribution in [-0.2, 0) is 0 Å². The monoisotopic (exact) mass is 248 g/mol. The van der Waals surface area contributed by atoms with Crippen molar-refractivity contribution in [3.8, 4) is 12.1 Å². The first-order valence-electron chi connectivity index (χ1n) is 6.72. The molecule has 0 radical (unpaired) electrons. The van der Waals surface area contributed by atoms with Gasteiger partial charge in [0.15, 0.2) is 11.1 Å². The van der Waals surface area contributed by atoms with Gasteiger partial charge in [-0.2, -0.15) is 20.8 Å². The smallest absolute Gasteiger partial charge is 0.164 e. The van der Waals surface area contributed by atoms with Crippen LogP contribution in [0.25, 0.3) is 0 Å². The van der Waals surface area contributed by atoms with E-state index in [0.717, 1.165) is 12.8 Å². The second-order valence-electron chi connectivity index (χ2n) is 5.14. The first-order valence-corrected chi connectivity index (χ1v) is 6.72. The second-order valence-corrected chi connectivity index (χ2v) is 5.14. The number of hydrogen-bond acceptors (Lipinski definition) is 4. The molecule has 0 aliphatic heterocycles. The minimum absolute atomic E-state index is 0.602. The van der Waals surface area contributed by atoms with Gasteiger partial charge in [-0.3, -0.25) is 0 Å². The van der Waals surface area contributed by atoms with Gasteiger partial charge in [0.05, 0.1) is 12.1 Å². The molecule has 18 heavy (non-hydrogen) atoms. The van der Waals surface area contributed by atoms with Gasteiger partial charge in [0.1, 0.15) is 0 Å². The summed E-state index contributed by atoms with van der Waals surface area (Å²) >= 11 is 0. The number of nitriles is 2. The highest BCUT2D eigenvalue weighted by molar-refractivity contribution is 5.06. The molecule has 100 valence electrons. The lowest BCUT2D eigenvalue weighted by molar-refractivity contribution is 0.443. The zero-order valence-corrected chi connectivity index (χ0v) is 12.0. The van der Waals surface area contributed by atoms with Crippen molar-refractivity contribution in [2.75, 3.05) is 0 Å². The van der Waals surface area contributed by atoms with Gasteiger partial charge in [-0.15, -0.1) is 0 Å². The van der Waals surface area contributed by atoms with Crippen LogP contribution < -0.4 is 0 Å². The third-order valence-corrected chi connectivity index (χ3v) is 3.18. The van der Waals surface area contributed by atoms with Crippen LogP contribution in [0.15, 0.2) is 10.2 Å². The van der Waals surface area contributed by atoms with Gasteiger partial charge >= 0.3 is 0 Å². The van der Waals surface area contributed by atoms with E-state index < -0.39 is 11.1 Å². The van der Waals surface area contributed by atoms with Crippen LogP contribution in [0.4, 0.5) is 0 Å². The maximum Gasteiger partial charge on any atom is 0.164 e. The van der Waals surface area contributed by atoms with E-state index in [2.05, 4.69) is 29.3 Å². The summed E-state index contributed by atoms with van der Waals surface area (Å²) in [6.07, 6.45) is 5.76. The van der Waals surface area contributed by atoms with Crippen molar-refractivity contribution < 1.29 is 0 Å². The Kier molecular flexibility index (Phi) is 7.20. The fraction of sp³-hybridized carbons (Fsp3) is 0.857. The summed E-state index contributed by atoms with van der Waals surface area (Å²) in [6, 6.07) is 4.34. The molecule has 0 heterocycles. The summed E-state index contributed by atoms with van der Waals surface area (Å²) in [5.41, 5.74) is -1.59. The van der Waals surface area contributed by atoms with Gasteiger partial charge in [0, 0.05) is 0 Å². The predicted molar refractivity (Wildman–Crippen MR) is 71.9 cm³/mol. The van der Waals surface area contributed by atoms with Crippen molar-refractivity contribution in [1.82, 2.24) is 0 Å². The third-order valence-electron chi connectivity index (χ3n) is 3.18. The fourth-order valence-electron chi connectivity index (χ4n) is 1.42. The van der Waals surface area contributed by atoms with Crippen molar-refractivity contribution in [3.05, 3.63) is 0 Å². The first kappa shape index (κ1) is 16.6. The molecule has 0 fully saturated rings. The highest BCUT2D eigenvalue weighted by atomic mass is 15.2. The molecule has 0 amide bonds. The van der Waals surface area contributed by atoms with E-state index in [1.807, 2.05) is 6.92 Å². The molecule has 0 aliphatic rings. The maximum atomic E-state index is 9.20. The van der Waals surface area contributed by atoms with Crippen molar-refractivity contribution in [2.24, 2.45) is 10.2 Å². The quantitative estimate of drug-likeness (QED) is 0.472. The summed E-state index contributed by atoms with van der Waals surface area (Å²) in [5, 5.41) is 26.4. The van der Waals surface area contributed by atoms with Crippen molar-refractivity contribution in [3.63, 3.8) is 0 Å². The Hall–Kier alpha value is -1.42. The van der Waals surface area contributed by atoms with Gasteiger partial charge < -0.3 is 0 Å². The van der Waals surface area contributed by atoms with Gasteiger partial charge in [-0.1, -0.05) is 33.1 Å². The van der Waals surface area contributed by atoms with Crippen LogP contribution in [0.5, 0.6) is 0 Å². The predicted octanol–water partition coefficient (Wildman–Crippen LogP) is 4.38. The van der Waals surface area contributed by atoms with Gasteiger partial charge in [0.25, 0.3) is 0 Å². The zero-order valence-electron chi connectivity index (χ0n) is 12.0. The van der Waals surface area contributed by atoms with E-state index in [-0.39, 0.29) is 0 Å². The third kappa shape index (κ3) is 5.77. The highest BCUT2D eigenvalue weighted by Gasteiger charge is 2.26. The summed E-state index contributed by atoms with van der Waals surface area (Å²) in [4.78, 5) is 0. The Morgan fingerprint density at radius 1 is 0.889 bits per heavy atom. The minimum Gasteiger partial charge on any atom is -0.196 e. The molecule has 4 nitrogen and oxygen atoms in total. The summed E-state index contributed by atoms with van der Waals surface area (Å²) in [7, 11) is 0. The van der Waals surface area contributed by atoms with Crippen LogP contribution in [-0.4, -0.2) is 11.1 Å². The second kappa shape index (κ2) is 7.82. The molecule has 4 heteroatoms. The molecule has 0 aliphatic carbocycles. The average Bonchev–Trinajstić information content (AvgIpc) is 2.41. The van der Waals surface area contributed by atoms with Crippen molar-refractivity contribution in [2.45, 2.75) is 77.3 Å². The van der Waals surface area contributed by atoms with E-state index >= 15 is 0 Å². The SMILES string of the molecule is CCCCCCC(C)(C#N)/N=N/C(C)(C#N)CC. The topological polar surface area (TPSA) is 72.3 Å². The van der Waals surface area contributed by atoms with E-state index in [0.29, 0.717) is 12.8 Å². The van der Waals surface area contributed by atoms with Gasteiger partial charge in [-0.05, 0) is 33.1 Å². The van der Waals surface area contributed by atoms with Gasteiger partial charge in [0.2, 0.25) is 0 Å². The van der Waals surface area contributed by atoms with E-state index in [1.165, 1.54) is 12.8 Å². The number of hydrogen-bond donors (Lipinski definition) is 0. The molecule has 0 rings (SSSR count). The van der Waals surface area contributed by atoms with E-state index in [4.69, 9.17) is 5.26 Å². The van der Waals surface area contributed by atoms with Gasteiger partial charge in [-0.25, -0.2) is 0 Å². The van der Waals surface area contributed by atoms with Crippen molar-refractivity contribution in [1.29, 1.82) is 10.5 Å². The number of nitrogens with zero attached hydrogens (tertiary/aromatic N) is 4. The maximum absolute atomic E-state index is 9.20. The Bertz CT molecular complexity index is 350. The lowest BCUT2D eigenvalue weighted by atomic mass is 9.96. The molecule has 0 saturated heterocycles. The zero-order chi connectivity index (χ0) is 14.1. The molecule has 0 saturated carbocycles. The lowest BCUT2D eigenvalue weighted by Crippen LogP contribution is -2.23. The Labute approximate surface area is 111 Å². The standard InChI is InChI=1S/C14H24N4/c1-5-7-8-9-10-14(4,12-16)18-17-13(3,6-2)11-15/h5-10H2,1-4H3/b18-17+. The van der Waals surface area contributed by atoms with Crippen LogP contribution in [0.1, 0.15) is 66.2 Å². The molecule has 0 bridgehead atoms. The largest absolute Gasteiger partial charge is 0.196 e. The van der Waals surface area contributed by atoms with Crippen molar-refractivity contribution >= 4 is 0 Å². The Morgan fingerprint density at radius 3 is 1.89 bits per heavy atom. The molecule has 2 atom stereocenters. The number of azo groups is 1. The summed E-state index contributed by atoms with van der Waals surface area (Å²) < 4.78 is 0. The molecule has 0 aromatic heterocycles. The van der Waals surface area contributed by atoms with Crippen LogP contribution in [0.3, 0.4) is 0 Å². The average molecular weight is 248 g/mol. The molecule has 2 unspecified atom stereocenters.